The highest BCUT2D eigenvalue weighted by molar-refractivity contribution is 7.92. The van der Waals surface area contributed by atoms with Crippen LogP contribution >= 0.6 is 0 Å². The zero-order valence-electron chi connectivity index (χ0n) is 24.9. The van der Waals surface area contributed by atoms with Crippen molar-refractivity contribution in [2.75, 3.05) is 18.0 Å². The van der Waals surface area contributed by atoms with Crippen LogP contribution in [0, 0.1) is 13.8 Å². The van der Waals surface area contributed by atoms with Gasteiger partial charge in [-0.1, -0.05) is 67.8 Å². The molecule has 3 aromatic rings. The summed E-state index contributed by atoms with van der Waals surface area (Å²) in [6.45, 7) is 5.26. The van der Waals surface area contributed by atoms with Gasteiger partial charge in [0.2, 0.25) is 11.8 Å². The minimum absolute atomic E-state index is 0.0925. The van der Waals surface area contributed by atoms with Crippen LogP contribution in [-0.4, -0.2) is 50.9 Å². The summed E-state index contributed by atoms with van der Waals surface area (Å²) in [5.41, 5.74) is 2.87. The van der Waals surface area contributed by atoms with E-state index in [1.807, 2.05) is 45.0 Å². The fraction of sp³-hybridized carbons (Fsp3) is 0.394. The molecule has 8 nitrogen and oxygen atoms in total. The number of anilines is 1. The van der Waals surface area contributed by atoms with Gasteiger partial charge in [-0.25, -0.2) is 8.42 Å². The monoisotopic (exact) mass is 591 g/mol. The number of ether oxygens (including phenoxy) is 1. The van der Waals surface area contributed by atoms with E-state index in [0.717, 1.165) is 41.1 Å². The molecule has 224 valence electrons. The Kier molecular flexibility index (Phi) is 10.3. The molecule has 0 spiro atoms. The summed E-state index contributed by atoms with van der Waals surface area (Å²) in [4.78, 5) is 29.4. The van der Waals surface area contributed by atoms with Gasteiger partial charge in [0.05, 0.1) is 17.7 Å². The number of hydrogen-bond donors (Lipinski definition) is 1. The molecule has 0 radical (unpaired) electrons. The molecule has 1 saturated carbocycles. The van der Waals surface area contributed by atoms with Crippen molar-refractivity contribution in [1.82, 2.24) is 10.2 Å². The Hall–Kier alpha value is -3.85. The lowest BCUT2D eigenvalue weighted by Crippen LogP contribution is -2.53. The van der Waals surface area contributed by atoms with Crippen LogP contribution in [0.4, 0.5) is 5.69 Å². The first-order valence-electron chi connectivity index (χ1n) is 14.5. The van der Waals surface area contributed by atoms with E-state index in [1.165, 1.54) is 4.90 Å². The van der Waals surface area contributed by atoms with Crippen molar-refractivity contribution >= 4 is 27.5 Å². The molecule has 42 heavy (non-hydrogen) atoms. The normalized spacial score (nSPS) is 14.3. The summed E-state index contributed by atoms with van der Waals surface area (Å²) in [5, 5.41) is 3.14. The summed E-state index contributed by atoms with van der Waals surface area (Å²) in [7, 11) is -2.52. The van der Waals surface area contributed by atoms with Crippen LogP contribution in [-0.2, 0) is 26.2 Å². The molecular formula is C33H41N3O5S. The lowest BCUT2D eigenvalue weighted by atomic mass is 10.1. The number of methoxy groups -OCH3 is 1. The number of nitrogens with one attached hydrogen (secondary N) is 1. The number of nitrogens with zero attached hydrogens (tertiary/aromatic N) is 2. The number of amides is 2. The third-order valence-corrected chi connectivity index (χ3v) is 9.65. The van der Waals surface area contributed by atoms with E-state index in [0.29, 0.717) is 23.4 Å². The van der Waals surface area contributed by atoms with Crippen molar-refractivity contribution in [2.24, 2.45) is 0 Å². The molecule has 1 N–H and O–H groups in total. The Morgan fingerprint density at radius 3 is 2.19 bits per heavy atom. The minimum atomic E-state index is -4.11. The summed E-state index contributed by atoms with van der Waals surface area (Å²) in [6.07, 6.45) is 4.36. The van der Waals surface area contributed by atoms with Crippen LogP contribution < -0.4 is 14.4 Å². The smallest absolute Gasteiger partial charge is 0.264 e. The highest BCUT2D eigenvalue weighted by atomic mass is 32.2. The molecule has 2 amide bonds. The van der Waals surface area contributed by atoms with Crippen LogP contribution in [0.25, 0.3) is 0 Å². The molecule has 0 aliphatic heterocycles. The van der Waals surface area contributed by atoms with E-state index < -0.39 is 28.5 Å². The first-order valence-corrected chi connectivity index (χ1v) is 16.0. The number of carbonyl (C=O) groups is 2. The van der Waals surface area contributed by atoms with Gasteiger partial charge in [-0.2, -0.15) is 0 Å². The van der Waals surface area contributed by atoms with Gasteiger partial charge in [0.15, 0.2) is 0 Å². The highest BCUT2D eigenvalue weighted by Gasteiger charge is 2.35. The molecule has 0 saturated heterocycles. The summed E-state index contributed by atoms with van der Waals surface area (Å²) in [5.74, 6) is 0.00541. The van der Waals surface area contributed by atoms with Crippen molar-refractivity contribution in [2.45, 2.75) is 76.4 Å². The van der Waals surface area contributed by atoms with Gasteiger partial charge in [-0.3, -0.25) is 13.9 Å². The highest BCUT2D eigenvalue weighted by Crippen LogP contribution is 2.28. The number of sulfonamides is 1. The van der Waals surface area contributed by atoms with Gasteiger partial charge >= 0.3 is 0 Å². The first-order chi connectivity index (χ1) is 20.1. The largest absolute Gasteiger partial charge is 0.497 e. The van der Waals surface area contributed by atoms with Crippen LogP contribution in [0.3, 0.4) is 0 Å². The number of benzene rings is 3. The third-order valence-electron chi connectivity index (χ3n) is 7.87. The molecule has 1 fully saturated rings. The predicted molar refractivity (Wildman–Crippen MR) is 165 cm³/mol. The Balaban J connectivity index is 1.72. The van der Waals surface area contributed by atoms with E-state index >= 15 is 0 Å². The van der Waals surface area contributed by atoms with E-state index in [9.17, 15) is 18.0 Å². The van der Waals surface area contributed by atoms with Crippen LogP contribution in [0.5, 0.6) is 5.75 Å². The lowest BCUT2D eigenvalue weighted by Gasteiger charge is -2.34. The quantitative estimate of drug-likeness (QED) is 0.305. The second-order valence-corrected chi connectivity index (χ2v) is 12.8. The number of rotatable bonds is 12. The van der Waals surface area contributed by atoms with Crippen molar-refractivity contribution in [3.8, 4) is 5.75 Å². The molecule has 1 aliphatic carbocycles. The van der Waals surface area contributed by atoms with Crippen molar-refractivity contribution < 1.29 is 22.7 Å². The average Bonchev–Trinajstić information content (AvgIpc) is 3.49. The SMILES string of the molecule is CC[C@H](C(=O)NC1CCCC1)N(Cc1ccc(OC)cc1)C(=O)CN(c1ccccc1C)S(=O)(=O)c1ccc(C)cc1. The number of hydrogen-bond acceptors (Lipinski definition) is 5. The van der Waals surface area contributed by atoms with Crippen molar-refractivity contribution in [3.05, 3.63) is 89.5 Å². The van der Waals surface area contributed by atoms with E-state index in [-0.39, 0.29) is 23.4 Å². The molecule has 1 atom stereocenters. The summed E-state index contributed by atoms with van der Waals surface area (Å²) in [6, 6.07) is 20.3. The third kappa shape index (κ3) is 7.31. The lowest BCUT2D eigenvalue weighted by molar-refractivity contribution is -0.140. The van der Waals surface area contributed by atoms with Gasteiger partial charge < -0.3 is 15.0 Å². The van der Waals surface area contributed by atoms with Crippen molar-refractivity contribution in [3.63, 3.8) is 0 Å². The zero-order valence-corrected chi connectivity index (χ0v) is 25.7. The maximum absolute atomic E-state index is 14.3. The molecule has 0 bridgehead atoms. The van der Waals surface area contributed by atoms with Crippen LogP contribution in [0.1, 0.15) is 55.7 Å². The molecular weight excluding hydrogens is 550 g/mol. The topological polar surface area (TPSA) is 96.0 Å². The number of para-hydroxylation sites is 1. The van der Waals surface area contributed by atoms with E-state index in [2.05, 4.69) is 5.32 Å². The van der Waals surface area contributed by atoms with Crippen LogP contribution in [0.2, 0.25) is 0 Å². The molecule has 3 aromatic carbocycles. The van der Waals surface area contributed by atoms with Gasteiger partial charge in [-0.05, 0) is 74.6 Å². The summed E-state index contributed by atoms with van der Waals surface area (Å²) < 4.78 is 34.5. The molecule has 4 rings (SSSR count). The first kappa shape index (κ1) is 31.1. The fourth-order valence-electron chi connectivity index (χ4n) is 5.41. The molecule has 0 aromatic heterocycles. The Morgan fingerprint density at radius 2 is 1.60 bits per heavy atom. The second-order valence-electron chi connectivity index (χ2n) is 10.9. The Bertz CT molecular complexity index is 1470. The fourth-order valence-corrected chi connectivity index (χ4v) is 6.89. The maximum atomic E-state index is 14.3. The Morgan fingerprint density at radius 1 is 0.952 bits per heavy atom. The number of aryl methyl sites for hydroxylation is 2. The Labute approximate surface area is 249 Å². The molecule has 1 aliphatic rings. The second kappa shape index (κ2) is 13.9. The van der Waals surface area contributed by atoms with Crippen molar-refractivity contribution in [1.29, 1.82) is 0 Å². The standard InChI is InChI=1S/C33H41N3O5S/c1-5-30(33(38)34-27-11-7-8-12-27)35(22-26-16-18-28(41-4)19-17-26)32(37)23-36(31-13-9-6-10-25(31)3)42(39,40)29-20-14-24(2)15-21-29/h6,9-10,13-21,27,30H,5,7-8,11-12,22-23H2,1-4H3,(H,34,38)/t30-/m1/s1. The van der Waals surface area contributed by atoms with Gasteiger partial charge in [-0.15, -0.1) is 0 Å². The minimum Gasteiger partial charge on any atom is -0.497 e. The predicted octanol–water partition coefficient (Wildman–Crippen LogP) is 5.37. The average molecular weight is 592 g/mol. The van der Waals surface area contributed by atoms with Gasteiger partial charge in [0.25, 0.3) is 10.0 Å². The van der Waals surface area contributed by atoms with E-state index in [4.69, 9.17) is 4.74 Å². The van der Waals surface area contributed by atoms with Gasteiger partial charge in [0, 0.05) is 12.6 Å². The molecule has 0 heterocycles. The zero-order chi connectivity index (χ0) is 30.3. The summed E-state index contributed by atoms with van der Waals surface area (Å²) >= 11 is 0. The van der Waals surface area contributed by atoms with Gasteiger partial charge in [0.1, 0.15) is 18.3 Å². The molecule has 9 heteroatoms. The van der Waals surface area contributed by atoms with Crippen LogP contribution in [0.15, 0.2) is 77.7 Å². The molecule has 0 unspecified atom stereocenters. The van der Waals surface area contributed by atoms with E-state index in [1.54, 1.807) is 55.6 Å². The maximum Gasteiger partial charge on any atom is 0.264 e. The number of carbonyl (C=O) groups excluding carboxylic acids is 2.